The van der Waals surface area contributed by atoms with Crippen LogP contribution in [0.2, 0.25) is 0 Å². The van der Waals surface area contributed by atoms with Gasteiger partial charge in [-0.2, -0.15) is 0 Å². The molecule has 0 spiro atoms. The number of aromatic nitrogens is 2. The third-order valence-corrected chi connectivity index (χ3v) is 4.26. The summed E-state index contributed by atoms with van der Waals surface area (Å²) in [6.45, 7) is 4.22. The Hall–Kier alpha value is -2.24. The van der Waals surface area contributed by atoms with Crippen molar-refractivity contribution < 1.29 is 5.11 Å². The Morgan fingerprint density at radius 2 is 2.08 bits per heavy atom. The fourth-order valence-corrected chi connectivity index (χ4v) is 2.91. The van der Waals surface area contributed by atoms with Crippen LogP contribution in [0.5, 0.6) is 0 Å². The van der Waals surface area contributed by atoms with Crippen LogP contribution in [0.25, 0.3) is 17.3 Å². The zero-order valence-corrected chi connectivity index (χ0v) is 14.1. The molecule has 0 unspecified atom stereocenters. The fourth-order valence-electron chi connectivity index (χ4n) is 2.91. The zero-order valence-electron chi connectivity index (χ0n) is 14.1. The predicted octanol–water partition coefficient (Wildman–Crippen LogP) is 2.29. The van der Waals surface area contributed by atoms with Gasteiger partial charge < -0.3 is 14.9 Å². The number of anilines is 1. The molecule has 2 aromatic rings. The van der Waals surface area contributed by atoms with Crippen molar-refractivity contribution in [1.29, 1.82) is 0 Å². The lowest BCUT2D eigenvalue weighted by Crippen LogP contribution is -2.29. The summed E-state index contributed by atoms with van der Waals surface area (Å²) in [5.74, 6) is 0.944. The van der Waals surface area contributed by atoms with E-state index in [9.17, 15) is 0 Å². The summed E-state index contributed by atoms with van der Waals surface area (Å²) >= 11 is 0. The van der Waals surface area contributed by atoms with Crippen molar-refractivity contribution in [2.45, 2.75) is 6.42 Å². The molecule has 0 radical (unpaired) electrons. The molecule has 24 heavy (non-hydrogen) atoms. The molecular formula is C19H24N4O. The third-order valence-electron chi connectivity index (χ3n) is 4.26. The SMILES string of the molecule is CN1CCCN(c2cncc(-c3cccc(C=CCO)c3)n2)CC1. The first kappa shape index (κ1) is 16.6. The summed E-state index contributed by atoms with van der Waals surface area (Å²) in [5, 5.41) is 8.92. The van der Waals surface area contributed by atoms with Crippen LogP contribution in [-0.4, -0.2) is 59.8 Å². The first-order chi connectivity index (χ1) is 11.8. The maximum absolute atomic E-state index is 8.92. The minimum atomic E-state index is 0.0446. The molecule has 1 fully saturated rings. The van der Waals surface area contributed by atoms with E-state index in [1.807, 2.05) is 36.7 Å². The lowest BCUT2D eigenvalue weighted by atomic mass is 10.1. The van der Waals surface area contributed by atoms with E-state index in [1.165, 1.54) is 0 Å². The highest BCUT2D eigenvalue weighted by atomic mass is 16.2. The van der Waals surface area contributed by atoms with Crippen LogP contribution in [0.3, 0.4) is 0 Å². The van der Waals surface area contributed by atoms with E-state index in [4.69, 9.17) is 10.1 Å². The molecule has 1 aromatic heterocycles. The second-order valence-electron chi connectivity index (χ2n) is 6.12. The molecular weight excluding hydrogens is 300 g/mol. The Balaban J connectivity index is 1.84. The molecule has 1 aromatic carbocycles. The number of benzene rings is 1. The number of nitrogens with zero attached hydrogens (tertiary/aromatic N) is 4. The van der Waals surface area contributed by atoms with Crippen molar-refractivity contribution in [3.8, 4) is 11.3 Å². The highest BCUT2D eigenvalue weighted by Crippen LogP contribution is 2.21. The number of rotatable bonds is 4. The van der Waals surface area contributed by atoms with Gasteiger partial charge in [0, 0.05) is 25.2 Å². The first-order valence-corrected chi connectivity index (χ1v) is 8.39. The molecule has 2 heterocycles. The van der Waals surface area contributed by atoms with E-state index >= 15 is 0 Å². The summed E-state index contributed by atoms with van der Waals surface area (Å²) in [6.07, 6.45) is 8.44. The molecule has 1 saturated heterocycles. The van der Waals surface area contributed by atoms with Crippen LogP contribution in [0.4, 0.5) is 5.82 Å². The molecule has 0 atom stereocenters. The van der Waals surface area contributed by atoms with Crippen LogP contribution >= 0.6 is 0 Å². The molecule has 1 N–H and O–H groups in total. The van der Waals surface area contributed by atoms with Gasteiger partial charge in [-0.3, -0.25) is 4.98 Å². The van der Waals surface area contributed by atoms with Crippen molar-refractivity contribution in [3.63, 3.8) is 0 Å². The van der Waals surface area contributed by atoms with E-state index in [0.29, 0.717) is 0 Å². The Morgan fingerprint density at radius 1 is 1.17 bits per heavy atom. The maximum Gasteiger partial charge on any atom is 0.147 e. The summed E-state index contributed by atoms with van der Waals surface area (Å²) in [4.78, 5) is 13.9. The van der Waals surface area contributed by atoms with Gasteiger partial charge in [-0.25, -0.2) is 4.98 Å². The van der Waals surface area contributed by atoms with Gasteiger partial charge in [0.1, 0.15) is 5.82 Å². The zero-order chi connectivity index (χ0) is 16.8. The van der Waals surface area contributed by atoms with Gasteiger partial charge >= 0.3 is 0 Å². The standard InChI is InChI=1S/C19H24N4O/c1-22-8-4-9-23(11-10-22)19-15-20-14-18(21-19)17-7-2-5-16(13-17)6-3-12-24/h2-3,5-7,13-15,24H,4,8-12H2,1H3. The fraction of sp³-hybridized carbons (Fsp3) is 0.368. The molecule has 3 rings (SSSR count). The molecule has 5 nitrogen and oxygen atoms in total. The first-order valence-electron chi connectivity index (χ1n) is 8.39. The average Bonchev–Trinajstić information content (AvgIpc) is 2.85. The quantitative estimate of drug-likeness (QED) is 0.935. The third kappa shape index (κ3) is 4.19. The van der Waals surface area contributed by atoms with Crippen LogP contribution < -0.4 is 4.90 Å². The van der Waals surface area contributed by atoms with Gasteiger partial charge in [-0.05, 0) is 31.6 Å². The smallest absolute Gasteiger partial charge is 0.147 e. The van der Waals surface area contributed by atoms with E-state index < -0.39 is 0 Å². The van der Waals surface area contributed by atoms with Crippen LogP contribution in [0.15, 0.2) is 42.7 Å². The van der Waals surface area contributed by atoms with Crippen LogP contribution in [-0.2, 0) is 0 Å². The van der Waals surface area contributed by atoms with E-state index in [0.717, 1.165) is 55.2 Å². The van der Waals surface area contributed by atoms with Gasteiger partial charge in [0.05, 0.1) is 24.7 Å². The van der Waals surface area contributed by atoms with Crippen LogP contribution in [0.1, 0.15) is 12.0 Å². The molecule has 0 aliphatic carbocycles. The van der Waals surface area contributed by atoms with Crippen molar-refractivity contribution in [3.05, 3.63) is 48.3 Å². The molecule has 5 heteroatoms. The Labute approximate surface area is 143 Å². The summed E-state index contributed by atoms with van der Waals surface area (Å²) in [5.41, 5.74) is 2.96. The van der Waals surface area contributed by atoms with E-state index in [2.05, 4.69) is 27.9 Å². The molecule has 0 amide bonds. The monoisotopic (exact) mass is 324 g/mol. The number of hydrogen-bond acceptors (Lipinski definition) is 5. The minimum absolute atomic E-state index is 0.0446. The summed E-state index contributed by atoms with van der Waals surface area (Å²) in [6, 6.07) is 8.12. The average molecular weight is 324 g/mol. The topological polar surface area (TPSA) is 52.5 Å². The lowest BCUT2D eigenvalue weighted by molar-refractivity contribution is 0.343. The van der Waals surface area contributed by atoms with E-state index in [-0.39, 0.29) is 6.61 Å². The van der Waals surface area contributed by atoms with Crippen molar-refractivity contribution >= 4 is 11.9 Å². The highest BCUT2D eigenvalue weighted by Gasteiger charge is 2.14. The van der Waals surface area contributed by atoms with Gasteiger partial charge in [0.25, 0.3) is 0 Å². The lowest BCUT2D eigenvalue weighted by Gasteiger charge is -2.21. The number of aliphatic hydroxyl groups excluding tert-OH is 1. The van der Waals surface area contributed by atoms with Crippen molar-refractivity contribution in [2.75, 3.05) is 44.7 Å². The second kappa shape index (κ2) is 8.04. The van der Waals surface area contributed by atoms with Crippen LogP contribution in [0, 0.1) is 0 Å². The maximum atomic E-state index is 8.92. The Kier molecular flexibility index (Phi) is 5.56. The number of aliphatic hydroxyl groups is 1. The van der Waals surface area contributed by atoms with Gasteiger partial charge in [-0.15, -0.1) is 0 Å². The number of likely N-dealkylation sites (N-methyl/N-ethyl adjacent to an activating group) is 1. The largest absolute Gasteiger partial charge is 0.392 e. The van der Waals surface area contributed by atoms with Crippen molar-refractivity contribution in [1.82, 2.24) is 14.9 Å². The highest BCUT2D eigenvalue weighted by molar-refractivity contribution is 5.65. The van der Waals surface area contributed by atoms with Crippen molar-refractivity contribution in [2.24, 2.45) is 0 Å². The summed E-state index contributed by atoms with van der Waals surface area (Å²) < 4.78 is 0. The Morgan fingerprint density at radius 3 is 2.96 bits per heavy atom. The second-order valence-corrected chi connectivity index (χ2v) is 6.12. The molecule has 1 aliphatic rings. The number of hydrogen-bond donors (Lipinski definition) is 1. The Bertz CT molecular complexity index is 701. The van der Waals surface area contributed by atoms with Gasteiger partial charge in [0.2, 0.25) is 0 Å². The van der Waals surface area contributed by atoms with Gasteiger partial charge in [0.15, 0.2) is 0 Å². The molecule has 1 aliphatic heterocycles. The minimum Gasteiger partial charge on any atom is -0.392 e. The summed E-state index contributed by atoms with van der Waals surface area (Å²) in [7, 11) is 2.16. The normalized spacial score (nSPS) is 16.5. The molecule has 126 valence electrons. The van der Waals surface area contributed by atoms with E-state index in [1.54, 1.807) is 6.08 Å². The molecule has 0 bridgehead atoms. The van der Waals surface area contributed by atoms with Gasteiger partial charge in [-0.1, -0.05) is 30.4 Å². The predicted molar refractivity (Wildman–Crippen MR) is 97.9 cm³/mol. The molecule has 0 saturated carbocycles.